The Morgan fingerprint density at radius 2 is 2.25 bits per heavy atom. The van der Waals surface area contributed by atoms with Crippen LogP contribution in [0.4, 0.5) is 0 Å². The number of amidine groups is 1. The number of ether oxygens (including phenoxy) is 1. The van der Waals surface area contributed by atoms with E-state index >= 15 is 0 Å². The lowest BCUT2D eigenvalue weighted by Gasteiger charge is -2.15. The predicted octanol–water partition coefficient (Wildman–Crippen LogP) is 1.04. The largest absolute Gasteiger partial charge is 0.496 e. The number of aliphatic hydroxyl groups excluding tert-OH is 1. The number of nitrogens with one attached hydrogen (secondary N) is 1. The van der Waals surface area contributed by atoms with Gasteiger partial charge in [-0.25, -0.2) is 0 Å². The SMILES string of the molecule is COc1ccc(/C(N)=N/O)cc1CNC(C)CCCO. The molecule has 0 spiro atoms. The maximum atomic E-state index is 8.81. The molecule has 0 amide bonds. The quantitative estimate of drug-likeness (QED) is 0.247. The number of aliphatic hydroxyl groups is 1. The van der Waals surface area contributed by atoms with Crippen LogP contribution in [0.5, 0.6) is 5.75 Å². The molecule has 1 aromatic carbocycles. The molecule has 0 aliphatic heterocycles. The van der Waals surface area contributed by atoms with Gasteiger partial charge in [-0.3, -0.25) is 0 Å². The van der Waals surface area contributed by atoms with Crippen molar-refractivity contribution in [2.75, 3.05) is 13.7 Å². The molecule has 5 N–H and O–H groups in total. The van der Waals surface area contributed by atoms with E-state index in [9.17, 15) is 0 Å². The summed E-state index contributed by atoms with van der Waals surface area (Å²) in [4.78, 5) is 0. The van der Waals surface area contributed by atoms with Crippen LogP contribution in [0.3, 0.4) is 0 Å². The number of benzene rings is 1. The second-order valence-electron chi connectivity index (χ2n) is 4.66. The van der Waals surface area contributed by atoms with E-state index in [0.717, 1.165) is 24.2 Å². The zero-order valence-corrected chi connectivity index (χ0v) is 12.0. The Hall–Kier alpha value is -1.79. The van der Waals surface area contributed by atoms with Crippen LogP contribution in [0.15, 0.2) is 23.4 Å². The number of nitrogens with two attached hydrogens (primary N) is 1. The Balaban J connectivity index is 2.76. The molecule has 0 saturated carbocycles. The number of oxime groups is 1. The Labute approximate surface area is 119 Å². The second kappa shape index (κ2) is 8.39. The molecule has 0 radical (unpaired) electrons. The second-order valence-corrected chi connectivity index (χ2v) is 4.66. The summed E-state index contributed by atoms with van der Waals surface area (Å²) in [5.74, 6) is 0.823. The zero-order chi connectivity index (χ0) is 15.0. The van der Waals surface area contributed by atoms with Gasteiger partial charge in [0.25, 0.3) is 0 Å². The smallest absolute Gasteiger partial charge is 0.170 e. The van der Waals surface area contributed by atoms with Crippen LogP contribution in [-0.2, 0) is 6.54 Å². The molecular formula is C14H23N3O3. The first-order valence-corrected chi connectivity index (χ1v) is 6.61. The summed E-state index contributed by atoms with van der Waals surface area (Å²) in [7, 11) is 1.61. The topological polar surface area (TPSA) is 100 Å². The highest BCUT2D eigenvalue weighted by Gasteiger charge is 2.08. The zero-order valence-electron chi connectivity index (χ0n) is 12.0. The number of methoxy groups -OCH3 is 1. The molecule has 0 aliphatic rings. The molecule has 6 nitrogen and oxygen atoms in total. The van der Waals surface area contributed by atoms with Gasteiger partial charge in [-0.1, -0.05) is 5.16 Å². The first-order chi connectivity index (χ1) is 9.62. The van der Waals surface area contributed by atoms with Crippen molar-refractivity contribution >= 4 is 5.84 Å². The minimum absolute atomic E-state index is 0.0715. The van der Waals surface area contributed by atoms with E-state index in [1.54, 1.807) is 19.2 Å². The maximum absolute atomic E-state index is 8.81. The van der Waals surface area contributed by atoms with Crippen molar-refractivity contribution in [2.45, 2.75) is 32.4 Å². The van der Waals surface area contributed by atoms with E-state index in [2.05, 4.69) is 17.4 Å². The van der Waals surface area contributed by atoms with E-state index in [1.807, 2.05) is 6.07 Å². The van der Waals surface area contributed by atoms with Crippen molar-refractivity contribution in [1.29, 1.82) is 0 Å². The fourth-order valence-electron chi connectivity index (χ4n) is 1.92. The lowest BCUT2D eigenvalue weighted by Crippen LogP contribution is -2.26. The fourth-order valence-corrected chi connectivity index (χ4v) is 1.92. The molecule has 1 atom stereocenters. The molecule has 0 heterocycles. The van der Waals surface area contributed by atoms with Gasteiger partial charge >= 0.3 is 0 Å². The minimum Gasteiger partial charge on any atom is -0.496 e. The normalized spacial score (nSPS) is 13.2. The van der Waals surface area contributed by atoms with Crippen LogP contribution in [0, 0.1) is 0 Å². The van der Waals surface area contributed by atoms with Gasteiger partial charge in [0.1, 0.15) is 5.75 Å². The van der Waals surface area contributed by atoms with E-state index in [4.69, 9.17) is 20.8 Å². The summed E-state index contributed by atoms with van der Waals surface area (Å²) in [6.07, 6.45) is 1.67. The van der Waals surface area contributed by atoms with Crippen molar-refractivity contribution in [3.05, 3.63) is 29.3 Å². The molecule has 20 heavy (non-hydrogen) atoms. The van der Waals surface area contributed by atoms with Gasteiger partial charge in [-0.2, -0.15) is 0 Å². The van der Waals surface area contributed by atoms with Crippen LogP contribution >= 0.6 is 0 Å². The van der Waals surface area contributed by atoms with Gasteiger partial charge < -0.3 is 26.1 Å². The molecule has 0 saturated heterocycles. The number of hydrogen-bond donors (Lipinski definition) is 4. The Morgan fingerprint density at radius 3 is 2.85 bits per heavy atom. The first kappa shape index (κ1) is 16.3. The van der Waals surface area contributed by atoms with Gasteiger partial charge in [0.05, 0.1) is 7.11 Å². The van der Waals surface area contributed by atoms with Crippen molar-refractivity contribution < 1.29 is 15.1 Å². The summed E-state index contributed by atoms with van der Waals surface area (Å²) in [5, 5.41) is 23.9. The average Bonchev–Trinajstić information content (AvgIpc) is 2.49. The molecule has 0 fully saturated rings. The molecule has 0 bridgehead atoms. The van der Waals surface area contributed by atoms with Crippen LogP contribution in [-0.4, -0.2) is 35.9 Å². The number of nitrogens with zero attached hydrogens (tertiary/aromatic N) is 1. The van der Waals surface area contributed by atoms with Crippen LogP contribution in [0.1, 0.15) is 30.9 Å². The first-order valence-electron chi connectivity index (χ1n) is 6.61. The third-order valence-corrected chi connectivity index (χ3v) is 3.12. The third-order valence-electron chi connectivity index (χ3n) is 3.12. The van der Waals surface area contributed by atoms with Gasteiger partial charge in [0, 0.05) is 30.3 Å². The number of hydrogen-bond acceptors (Lipinski definition) is 5. The van der Waals surface area contributed by atoms with Crippen LogP contribution in [0.2, 0.25) is 0 Å². The summed E-state index contributed by atoms with van der Waals surface area (Å²) in [5.41, 5.74) is 7.17. The molecule has 0 aromatic heterocycles. The molecule has 0 aliphatic carbocycles. The van der Waals surface area contributed by atoms with Gasteiger partial charge in [-0.15, -0.1) is 0 Å². The van der Waals surface area contributed by atoms with Gasteiger partial charge in [0.2, 0.25) is 0 Å². The Morgan fingerprint density at radius 1 is 1.50 bits per heavy atom. The fraction of sp³-hybridized carbons (Fsp3) is 0.500. The van der Waals surface area contributed by atoms with Crippen molar-refractivity contribution in [3.8, 4) is 5.75 Å². The summed E-state index contributed by atoms with van der Waals surface area (Å²) >= 11 is 0. The summed E-state index contributed by atoms with van der Waals surface area (Å²) in [6.45, 7) is 2.88. The van der Waals surface area contributed by atoms with Crippen molar-refractivity contribution in [3.63, 3.8) is 0 Å². The van der Waals surface area contributed by atoms with Crippen molar-refractivity contribution in [1.82, 2.24) is 5.32 Å². The lowest BCUT2D eigenvalue weighted by atomic mass is 10.1. The predicted molar refractivity (Wildman–Crippen MR) is 78.1 cm³/mol. The van der Waals surface area contributed by atoms with Gasteiger partial charge in [-0.05, 0) is 38.0 Å². The van der Waals surface area contributed by atoms with E-state index in [-0.39, 0.29) is 12.4 Å². The maximum Gasteiger partial charge on any atom is 0.170 e. The Kier molecular flexibility index (Phi) is 6.83. The van der Waals surface area contributed by atoms with Crippen LogP contribution in [0.25, 0.3) is 0 Å². The van der Waals surface area contributed by atoms with Crippen molar-refractivity contribution in [2.24, 2.45) is 10.9 Å². The Bertz CT molecular complexity index is 449. The molecular weight excluding hydrogens is 258 g/mol. The molecule has 6 heteroatoms. The monoisotopic (exact) mass is 281 g/mol. The van der Waals surface area contributed by atoms with Crippen LogP contribution < -0.4 is 15.8 Å². The molecule has 1 unspecified atom stereocenters. The standard InChI is InChI=1S/C14H23N3O3/c1-10(4-3-7-18)16-9-12-8-11(14(15)17-19)5-6-13(12)20-2/h5-6,8,10,16,18-19H,3-4,7,9H2,1-2H3,(H2,15,17). The number of rotatable bonds is 8. The van der Waals surface area contributed by atoms with Gasteiger partial charge in [0.15, 0.2) is 5.84 Å². The summed E-state index contributed by atoms with van der Waals surface area (Å²) in [6, 6.07) is 5.66. The molecule has 112 valence electrons. The highest BCUT2D eigenvalue weighted by atomic mass is 16.5. The molecule has 1 rings (SSSR count). The minimum atomic E-state index is 0.0715. The molecule has 1 aromatic rings. The lowest BCUT2D eigenvalue weighted by molar-refractivity contribution is 0.276. The van der Waals surface area contributed by atoms with E-state index < -0.39 is 0 Å². The highest BCUT2D eigenvalue weighted by Crippen LogP contribution is 2.20. The van der Waals surface area contributed by atoms with E-state index in [0.29, 0.717) is 18.2 Å². The average molecular weight is 281 g/mol. The summed E-state index contributed by atoms with van der Waals surface area (Å²) < 4.78 is 5.30. The third kappa shape index (κ3) is 4.71. The van der Waals surface area contributed by atoms with E-state index in [1.165, 1.54) is 0 Å². The highest BCUT2D eigenvalue weighted by molar-refractivity contribution is 5.97.